The number of para-hydroxylation sites is 1. The summed E-state index contributed by atoms with van der Waals surface area (Å²) in [6, 6.07) is 16.6. The maximum absolute atomic E-state index is 13.8. The Bertz CT molecular complexity index is 710. The molecule has 1 aromatic heterocycles. The van der Waals surface area contributed by atoms with Crippen LogP contribution in [-0.4, -0.2) is 4.98 Å². The molecule has 0 bridgehead atoms. The summed E-state index contributed by atoms with van der Waals surface area (Å²) in [5.41, 5.74) is 2.13. The largest absolute Gasteiger partial charge is 0.245 e. The van der Waals surface area contributed by atoms with Crippen LogP contribution in [0.3, 0.4) is 0 Å². The third-order valence-electron chi connectivity index (χ3n) is 2.81. The fourth-order valence-corrected chi connectivity index (χ4v) is 2.47. The maximum Gasteiger partial charge on any atom is 0.149 e. The lowest BCUT2D eigenvalue weighted by Gasteiger charge is -2.06. The molecule has 3 heteroatoms. The fourth-order valence-electron chi connectivity index (χ4n) is 1.93. The molecule has 0 fully saturated rings. The summed E-state index contributed by atoms with van der Waals surface area (Å²) in [6.45, 7) is 0. The van der Waals surface area contributed by atoms with Gasteiger partial charge < -0.3 is 0 Å². The van der Waals surface area contributed by atoms with Crippen molar-refractivity contribution in [2.45, 2.75) is 0 Å². The highest BCUT2D eigenvalue weighted by Crippen LogP contribution is 2.29. The topological polar surface area (TPSA) is 12.9 Å². The van der Waals surface area contributed by atoms with Gasteiger partial charge in [0, 0.05) is 15.4 Å². The van der Waals surface area contributed by atoms with E-state index in [4.69, 9.17) is 0 Å². The third-order valence-corrected chi connectivity index (χ3v) is 3.47. The molecule has 1 nitrogen and oxygen atoms in total. The average molecular weight is 302 g/mol. The standard InChI is InChI=1S/C15H9BrFN/c16-12-9-14(10-5-2-1-3-6-10)18-15-11(12)7-4-8-13(15)17/h1-9H. The normalized spacial score (nSPS) is 10.8. The lowest BCUT2D eigenvalue weighted by molar-refractivity contribution is 0.637. The van der Waals surface area contributed by atoms with Gasteiger partial charge in [0.1, 0.15) is 11.3 Å². The molecule has 0 amide bonds. The van der Waals surface area contributed by atoms with E-state index in [2.05, 4.69) is 20.9 Å². The number of aromatic nitrogens is 1. The Morgan fingerprint density at radius 1 is 0.944 bits per heavy atom. The van der Waals surface area contributed by atoms with Gasteiger partial charge in [0.05, 0.1) is 5.69 Å². The molecule has 0 radical (unpaired) electrons. The van der Waals surface area contributed by atoms with Gasteiger partial charge in [-0.25, -0.2) is 9.37 Å². The molecule has 0 aliphatic heterocycles. The summed E-state index contributed by atoms with van der Waals surface area (Å²) in [5.74, 6) is -0.300. The first kappa shape index (κ1) is 11.4. The third kappa shape index (κ3) is 1.91. The molecule has 0 unspecified atom stereocenters. The minimum atomic E-state index is -0.300. The Labute approximate surface area is 112 Å². The lowest BCUT2D eigenvalue weighted by Crippen LogP contribution is -1.89. The number of fused-ring (bicyclic) bond motifs is 1. The first-order chi connectivity index (χ1) is 8.75. The molecule has 0 aliphatic carbocycles. The second kappa shape index (κ2) is 4.50. The average Bonchev–Trinajstić information content (AvgIpc) is 2.41. The van der Waals surface area contributed by atoms with Gasteiger partial charge in [-0.1, -0.05) is 58.4 Å². The Morgan fingerprint density at radius 2 is 1.72 bits per heavy atom. The van der Waals surface area contributed by atoms with Crippen molar-refractivity contribution in [3.63, 3.8) is 0 Å². The van der Waals surface area contributed by atoms with Gasteiger partial charge in [0.15, 0.2) is 0 Å². The summed E-state index contributed by atoms with van der Waals surface area (Å²) < 4.78 is 14.6. The highest BCUT2D eigenvalue weighted by Gasteiger charge is 2.08. The molecule has 88 valence electrons. The first-order valence-corrected chi connectivity index (χ1v) is 6.35. The van der Waals surface area contributed by atoms with E-state index in [9.17, 15) is 4.39 Å². The van der Waals surface area contributed by atoms with Crippen LogP contribution >= 0.6 is 15.9 Å². The highest BCUT2D eigenvalue weighted by molar-refractivity contribution is 9.10. The Balaban J connectivity index is 2.31. The van der Waals surface area contributed by atoms with Gasteiger partial charge in [0.2, 0.25) is 0 Å². The number of hydrogen-bond acceptors (Lipinski definition) is 1. The van der Waals surface area contributed by atoms with E-state index in [1.54, 1.807) is 6.07 Å². The molecule has 2 aromatic carbocycles. The summed E-state index contributed by atoms with van der Waals surface area (Å²) in [4.78, 5) is 4.40. The molecule has 0 N–H and O–H groups in total. The summed E-state index contributed by atoms with van der Waals surface area (Å²) >= 11 is 3.47. The lowest BCUT2D eigenvalue weighted by atomic mass is 10.1. The predicted octanol–water partition coefficient (Wildman–Crippen LogP) is 4.80. The number of benzene rings is 2. The fraction of sp³-hybridized carbons (Fsp3) is 0. The van der Waals surface area contributed by atoms with Crippen LogP contribution in [0.2, 0.25) is 0 Å². The monoisotopic (exact) mass is 301 g/mol. The van der Waals surface area contributed by atoms with Crippen LogP contribution in [0, 0.1) is 5.82 Å². The van der Waals surface area contributed by atoms with E-state index in [0.717, 1.165) is 21.1 Å². The van der Waals surface area contributed by atoms with Crippen LogP contribution in [0.1, 0.15) is 0 Å². The molecule has 0 spiro atoms. The summed E-state index contributed by atoms with van der Waals surface area (Å²) in [6.07, 6.45) is 0. The van der Waals surface area contributed by atoms with Gasteiger partial charge in [0.25, 0.3) is 0 Å². The quantitative estimate of drug-likeness (QED) is 0.629. The van der Waals surface area contributed by atoms with Crippen LogP contribution in [0.5, 0.6) is 0 Å². The Kier molecular flexibility index (Phi) is 2.84. The second-order valence-corrected chi connectivity index (χ2v) is 4.85. The zero-order valence-electron chi connectivity index (χ0n) is 9.40. The summed E-state index contributed by atoms with van der Waals surface area (Å²) in [7, 11) is 0. The van der Waals surface area contributed by atoms with Gasteiger partial charge >= 0.3 is 0 Å². The number of nitrogens with zero attached hydrogens (tertiary/aromatic N) is 1. The molecule has 18 heavy (non-hydrogen) atoms. The Hall–Kier alpha value is -1.74. The minimum absolute atomic E-state index is 0.300. The smallest absolute Gasteiger partial charge is 0.149 e. The van der Waals surface area contributed by atoms with Gasteiger partial charge in [-0.15, -0.1) is 0 Å². The SMILES string of the molecule is Fc1cccc2c(Br)cc(-c3ccccc3)nc12. The molecule has 0 aliphatic rings. The van der Waals surface area contributed by atoms with Crippen molar-refractivity contribution < 1.29 is 4.39 Å². The van der Waals surface area contributed by atoms with Gasteiger partial charge in [-0.3, -0.25) is 0 Å². The van der Waals surface area contributed by atoms with Crippen molar-refractivity contribution in [1.29, 1.82) is 0 Å². The van der Waals surface area contributed by atoms with E-state index in [0.29, 0.717) is 5.52 Å². The molecular weight excluding hydrogens is 293 g/mol. The van der Waals surface area contributed by atoms with Crippen molar-refractivity contribution in [2.24, 2.45) is 0 Å². The van der Waals surface area contributed by atoms with Gasteiger partial charge in [-0.05, 0) is 12.1 Å². The zero-order valence-corrected chi connectivity index (χ0v) is 11.0. The van der Waals surface area contributed by atoms with Crippen LogP contribution < -0.4 is 0 Å². The van der Waals surface area contributed by atoms with Crippen molar-refractivity contribution in [2.75, 3.05) is 0 Å². The van der Waals surface area contributed by atoms with E-state index < -0.39 is 0 Å². The Morgan fingerprint density at radius 3 is 2.50 bits per heavy atom. The predicted molar refractivity (Wildman–Crippen MR) is 74.8 cm³/mol. The van der Waals surface area contributed by atoms with E-state index >= 15 is 0 Å². The van der Waals surface area contributed by atoms with Crippen LogP contribution in [-0.2, 0) is 0 Å². The van der Waals surface area contributed by atoms with Crippen molar-refractivity contribution in [3.8, 4) is 11.3 Å². The molecule has 3 aromatic rings. The minimum Gasteiger partial charge on any atom is -0.245 e. The van der Waals surface area contributed by atoms with Crippen molar-refractivity contribution >= 4 is 26.8 Å². The highest BCUT2D eigenvalue weighted by atomic mass is 79.9. The molecule has 0 atom stereocenters. The number of pyridine rings is 1. The molecule has 0 saturated carbocycles. The first-order valence-electron chi connectivity index (χ1n) is 5.56. The van der Waals surface area contributed by atoms with Crippen LogP contribution in [0.15, 0.2) is 59.1 Å². The maximum atomic E-state index is 13.8. The summed E-state index contributed by atoms with van der Waals surface area (Å²) in [5, 5.41) is 0.787. The molecule has 3 rings (SSSR count). The van der Waals surface area contributed by atoms with Crippen molar-refractivity contribution in [1.82, 2.24) is 4.98 Å². The molecular formula is C15H9BrFN. The van der Waals surface area contributed by atoms with Crippen molar-refractivity contribution in [3.05, 3.63) is 64.9 Å². The van der Waals surface area contributed by atoms with Gasteiger partial charge in [-0.2, -0.15) is 0 Å². The van der Waals surface area contributed by atoms with Crippen LogP contribution in [0.4, 0.5) is 4.39 Å². The number of halogens is 2. The number of hydrogen-bond donors (Lipinski definition) is 0. The van der Waals surface area contributed by atoms with E-state index in [-0.39, 0.29) is 5.82 Å². The van der Waals surface area contributed by atoms with Crippen LogP contribution in [0.25, 0.3) is 22.2 Å². The molecule has 1 heterocycles. The van der Waals surface area contributed by atoms with E-state index in [1.165, 1.54) is 6.07 Å². The zero-order chi connectivity index (χ0) is 12.5. The number of rotatable bonds is 1. The second-order valence-electron chi connectivity index (χ2n) is 3.99. The molecule has 0 saturated heterocycles. The van der Waals surface area contributed by atoms with E-state index in [1.807, 2.05) is 42.5 Å².